The molecule has 1 amide bonds. The SMILES string of the molecule is CCNC(=NCc1cccc(-c2ccccn2)c1)N1CCCC(CC(N)=O)C1.I. The van der Waals surface area contributed by atoms with Gasteiger partial charge in [0.05, 0.1) is 12.2 Å². The van der Waals surface area contributed by atoms with Gasteiger partial charge in [0.2, 0.25) is 5.91 Å². The van der Waals surface area contributed by atoms with Gasteiger partial charge in [-0.1, -0.05) is 24.3 Å². The summed E-state index contributed by atoms with van der Waals surface area (Å²) < 4.78 is 0. The molecule has 1 aromatic heterocycles. The van der Waals surface area contributed by atoms with E-state index in [1.54, 1.807) is 0 Å². The summed E-state index contributed by atoms with van der Waals surface area (Å²) in [6, 6.07) is 14.3. The number of hydrogen-bond acceptors (Lipinski definition) is 3. The Kier molecular flexibility index (Phi) is 9.37. The van der Waals surface area contributed by atoms with Crippen LogP contribution in [0.4, 0.5) is 0 Å². The maximum Gasteiger partial charge on any atom is 0.217 e. The second-order valence-corrected chi connectivity index (χ2v) is 7.21. The zero-order valence-corrected chi connectivity index (χ0v) is 19.2. The van der Waals surface area contributed by atoms with Gasteiger partial charge in [-0.25, -0.2) is 4.99 Å². The van der Waals surface area contributed by atoms with E-state index in [4.69, 9.17) is 10.7 Å². The van der Waals surface area contributed by atoms with Crippen molar-refractivity contribution in [1.82, 2.24) is 15.2 Å². The number of nitrogens with zero attached hydrogens (tertiary/aromatic N) is 3. The van der Waals surface area contributed by atoms with Crippen molar-refractivity contribution in [3.63, 3.8) is 0 Å². The normalized spacial score (nSPS) is 16.8. The van der Waals surface area contributed by atoms with Crippen LogP contribution in [0.3, 0.4) is 0 Å². The van der Waals surface area contributed by atoms with E-state index < -0.39 is 0 Å². The maximum absolute atomic E-state index is 11.3. The van der Waals surface area contributed by atoms with Gasteiger partial charge in [0.15, 0.2) is 5.96 Å². The fraction of sp³-hybridized carbons (Fsp3) is 0.409. The molecule has 1 atom stereocenters. The molecule has 0 radical (unpaired) electrons. The lowest BCUT2D eigenvalue weighted by atomic mass is 9.95. The van der Waals surface area contributed by atoms with Crippen LogP contribution in [0.2, 0.25) is 0 Å². The van der Waals surface area contributed by atoms with Crippen LogP contribution in [-0.4, -0.2) is 41.4 Å². The first-order valence-electron chi connectivity index (χ1n) is 9.97. The van der Waals surface area contributed by atoms with Crippen molar-refractivity contribution in [1.29, 1.82) is 0 Å². The standard InChI is InChI=1S/C22H29N5O.HI/c1-2-24-22(27-12-6-8-18(16-27)14-21(23)28)26-15-17-7-5-9-19(13-17)20-10-3-4-11-25-20;/h3-5,7,9-11,13,18H,2,6,8,12,14-16H2,1H3,(H2,23,28)(H,24,26);1H. The zero-order chi connectivity index (χ0) is 19.8. The van der Waals surface area contributed by atoms with Gasteiger partial charge in [0.25, 0.3) is 0 Å². The number of piperidine rings is 1. The molecule has 0 bridgehead atoms. The summed E-state index contributed by atoms with van der Waals surface area (Å²) in [4.78, 5) is 22.8. The second-order valence-electron chi connectivity index (χ2n) is 7.21. The van der Waals surface area contributed by atoms with Crippen molar-refractivity contribution in [3.05, 3.63) is 54.2 Å². The average Bonchev–Trinajstić information content (AvgIpc) is 2.72. The number of carbonyl (C=O) groups excluding carboxylic acids is 1. The quantitative estimate of drug-likeness (QED) is 0.357. The zero-order valence-electron chi connectivity index (χ0n) is 16.9. The van der Waals surface area contributed by atoms with Gasteiger partial charge in [-0.05, 0) is 49.4 Å². The summed E-state index contributed by atoms with van der Waals surface area (Å²) in [7, 11) is 0. The Morgan fingerprint density at radius 3 is 2.90 bits per heavy atom. The molecule has 3 N–H and O–H groups in total. The van der Waals surface area contributed by atoms with Gasteiger partial charge in [-0.3, -0.25) is 9.78 Å². The lowest BCUT2D eigenvalue weighted by Crippen LogP contribution is -2.47. The fourth-order valence-electron chi connectivity index (χ4n) is 3.66. The van der Waals surface area contributed by atoms with Crippen LogP contribution in [0.25, 0.3) is 11.3 Å². The second kappa shape index (κ2) is 11.7. The topological polar surface area (TPSA) is 83.6 Å². The largest absolute Gasteiger partial charge is 0.370 e. The summed E-state index contributed by atoms with van der Waals surface area (Å²) in [5.41, 5.74) is 8.59. The van der Waals surface area contributed by atoms with Crippen LogP contribution in [0.1, 0.15) is 31.7 Å². The molecule has 2 heterocycles. The van der Waals surface area contributed by atoms with Crippen molar-refractivity contribution < 1.29 is 4.79 Å². The molecule has 3 rings (SSSR count). The van der Waals surface area contributed by atoms with Crippen molar-refractivity contribution in [2.24, 2.45) is 16.6 Å². The van der Waals surface area contributed by atoms with Crippen LogP contribution in [0.5, 0.6) is 0 Å². The minimum absolute atomic E-state index is 0. The Morgan fingerprint density at radius 2 is 2.17 bits per heavy atom. The van der Waals surface area contributed by atoms with Crippen molar-refractivity contribution in [2.75, 3.05) is 19.6 Å². The minimum atomic E-state index is -0.222. The highest BCUT2D eigenvalue weighted by atomic mass is 127. The molecule has 156 valence electrons. The van der Waals surface area contributed by atoms with Crippen LogP contribution in [0.15, 0.2) is 53.7 Å². The van der Waals surface area contributed by atoms with Crippen LogP contribution in [0, 0.1) is 5.92 Å². The van der Waals surface area contributed by atoms with E-state index in [9.17, 15) is 4.79 Å². The van der Waals surface area contributed by atoms with E-state index in [-0.39, 0.29) is 29.9 Å². The fourth-order valence-corrected chi connectivity index (χ4v) is 3.66. The monoisotopic (exact) mass is 507 g/mol. The smallest absolute Gasteiger partial charge is 0.217 e. The van der Waals surface area contributed by atoms with E-state index >= 15 is 0 Å². The number of aromatic nitrogens is 1. The Hall–Kier alpha value is -2.16. The Balaban J connectivity index is 0.00000300. The number of pyridine rings is 1. The van der Waals surface area contributed by atoms with Crippen molar-refractivity contribution >= 4 is 35.8 Å². The first kappa shape index (κ1) is 23.1. The number of likely N-dealkylation sites (tertiary alicyclic amines) is 1. The number of primary amides is 1. The van der Waals surface area contributed by atoms with Gasteiger partial charge < -0.3 is 16.0 Å². The molecule has 1 aliphatic rings. The molecule has 0 saturated carbocycles. The first-order chi connectivity index (χ1) is 13.7. The highest BCUT2D eigenvalue weighted by Gasteiger charge is 2.23. The Morgan fingerprint density at radius 1 is 1.31 bits per heavy atom. The maximum atomic E-state index is 11.3. The number of guanidine groups is 1. The molecule has 0 aliphatic carbocycles. The molecule has 0 spiro atoms. The van der Waals surface area contributed by atoms with E-state index in [0.29, 0.717) is 18.9 Å². The molecule has 6 nitrogen and oxygen atoms in total. The lowest BCUT2D eigenvalue weighted by Gasteiger charge is -2.34. The number of amides is 1. The van der Waals surface area contributed by atoms with Gasteiger partial charge in [0, 0.05) is 37.8 Å². The van der Waals surface area contributed by atoms with Gasteiger partial charge >= 0.3 is 0 Å². The van der Waals surface area contributed by atoms with Gasteiger partial charge in [-0.2, -0.15) is 0 Å². The number of nitrogens with one attached hydrogen (secondary N) is 1. The Labute approximate surface area is 190 Å². The first-order valence-corrected chi connectivity index (χ1v) is 9.97. The van der Waals surface area contributed by atoms with E-state index in [1.807, 2.05) is 30.5 Å². The van der Waals surface area contributed by atoms with Crippen molar-refractivity contribution in [2.45, 2.75) is 32.7 Å². The third-order valence-electron chi connectivity index (χ3n) is 4.94. The highest BCUT2D eigenvalue weighted by molar-refractivity contribution is 14.0. The lowest BCUT2D eigenvalue weighted by molar-refractivity contribution is -0.119. The number of benzene rings is 1. The summed E-state index contributed by atoms with van der Waals surface area (Å²) in [5.74, 6) is 0.989. The summed E-state index contributed by atoms with van der Waals surface area (Å²) in [5, 5.41) is 3.39. The van der Waals surface area contributed by atoms with E-state index in [1.165, 1.54) is 0 Å². The predicted octanol–water partition coefficient (Wildman–Crippen LogP) is 3.42. The third kappa shape index (κ3) is 6.99. The van der Waals surface area contributed by atoms with E-state index in [0.717, 1.165) is 55.3 Å². The minimum Gasteiger partial charge on any atom is -0.370 e. The third-order valence-corrected chi connectivity index (χ3v) is 4.94. The van der Waals surface area contributed by atoms with Crippen LogP contribution >= 0.6 is 24.0 Å². The predicted molar refractivity (Wildman–Crippen MR) is 128 cm³/mol. The van der Waals surface area contributed by atoms with Gasteiger partial charge in [-0.15, -0.1) is 24.0 Å². The molecule has 1 aromatic carbocycles. The number of rotatable bonds is 6. The average molecular weight is 507 g/mol. The molecular formula is C22H30IN5O. The molecule has 2 aromatic rings. The summed E-state index contributed by atoms with van der Waals surface area (Å²) in [6.45, 7) is 5.25. The molecule has 1 unspecified atom stereocenters. The molecule has 7 heteroatoms. The highest BCUT2D eigenvalue weighted by Crippen LogP contribution is 2.20. The molecule has 1 fully saturated rings. The van der Waals surface area contributed by atoms with Crippen molar-refractivity contribution in [3.8, 4) is 11.3 Å². The molecule has 29 heavy (non-hydrogen) atoms. The van der Waals surface area contributed by atoms with E-state index in [2.05, 4.69) is 40.3 Å². The molecular weight excluding hydrogens is 477 g/mol. The number of aliphatic imine (C=N–C) groups is 1. The Bertz CT molecular complexity index is 812. The number of nitrogens with two attached hydrogens (primary N) is 1. The number of hydrogen-bond donors (Lipinski definition) is 2. The summed E-state index contributed by atoms with van der Waals surface area (Å²) in [6.07, 6.45) is 4.35. The number of carbonyl (C=O) groups is 1. The number of halogens is 1. The van der Waals surface area contributed by atoms with Gasteiger partial charge in [0.1, 0.15) is 0 Å². The molecule has 1 aliphatic heterocycles. The van der Waals surface area contributed by atoms with Crippen LogP contribution in [-0.2, 0) is 11.3 Å². The van der Waals surface area contributed by atoms with Crippen LogP contribution < -0.4 is 11.1 Å². The molecule has 1 saturated heterocycles. The summed E-state index contributed by atoms with van der Waals surface area (Å²) >= 11 is 0.